The summed E-state index contributed by atoms with van der Waals surface area (Å²) < 4.78 is 16.4. The van der Waals surface area contributed by atoms with E-state index >= 15 is 0 Å². The van der Waals surface area contributed by atoms with E-state index in [0.717, 1.165) is 16.5 Å². The first-order chi connectivity index (χ1) is 17.0. The number of methoxy groups -OCH3 is 2. The van der Waals surface area contributed by atoms with Crippen LogP contribution in [0, 0.1) is 0 Å². The van der Waals surface area contributed by atoms with Crippen LogP contribution in [0.5, 0.6) is 11.5 Å². The number of nitrogens with zero attached hydrogens (tertiary/aromatic N) is 1. The van der Waals surface area contributed by atoms with Gasteiger partial charge in [0.1, 0.15) is 34.6 Å². The summed E-state index contributed by atoms with van der Waals surface area (Å²) in [5.41, 5.74) is 2.14. The molecule has 2 aromatic carbocycles. The quantitative estimate of drug-likeness (QED) is 0.234. The lowest BCUT2D eigenvalue weighted by molar-refractivity contribution is -0.140. The van der Waals surface area contributed by atoms with Crippen LogP contribution >= 0.6 is 0 Å². The first-order valence-corrected chi connectivity index (χ1v) is 11.1. The van der Waals surface area contributed by atoms with Gasteiger partial charge in [0.2, 0.25) is 0 Å². The van der Waals surface area contributed by atoms with Crippen molar-refractivity contribution in [3.05, 3.63) is 89.5 Å². The van der Waals surface area contributed by atoms with Crippen molar-refractivity contribution in [2.75, 3.05) is 20.8 Å². The van der Waals surface area contributed by atoms with E-state index in [1.807, 2.05) is 30.5 Å². The number of furan rings is 1. The van der Waals surface area contributed by atoms with Gasteiger partial charge in [-0.25, -0.2) is 0 Å². The summed E-state index contributed by atoms with van der Waals surface area (Å²) in [7, 11) is 2.91. The smallest absolute Gasteiger partial charge is 0.295 e. The Hall–Kier alpha value is -4.46. The fraction of sp³-hybridized carbons (Fsp3) is 0.185. The minimum atomic E-state index is -0.898. The van der Waals surface area contributed by atoms with E-state index in [0.29, 0.717) is 23.7 Å². The van der Waals surface area contributed by atoms with Crippen LogP contribution in [0.15, 0.2) is 77.0 Å². The third-order valence-corrected chi connectivity index (χ3v) is 6.31. The average Bonchev–Trinajstić information content (AvgIpc) is 3.61. The molecule has 8 nitrogen and oxygen atoms in total. The standard InChI is InChI=1S/C27H24N2O6/c1-33-19-9-5-10-20(34-2)22(19)25(30)23-24(21-11-6-14-35-21)29(27(32)26(23)31)13-12-16-15-28-18-8-4-3-7-17(16)18/h3-11,14-15,24,28,30H,12-13H2,1-2H3/b25-23+. The summed E-state index contributed by atoms with van der Waals surface area (Å²) >= 11 is 0. The number of H-pyrrole nitrogens is 1. The second-order valence-electron chi connectivity index (χ2n) is 8.15. The number of fused-ring (bicyclic) bond motifs is 1. The summed E-state index contributed by atoms with van der Waals surface area (Å²) in [5, 5.41) is 12.4. The lowest BCUT2D eigenvalue weighted by Gasteiger charge is -2.23. The van der Waals surface area contributed by atoms with Crippen molar-refractivity contribution in [1.29, 1.82) is 0 Å². The number of nitrogens with one attached hydrogen (secondary N) is 1. The Bertz CT molecular complexity index is 1410. The number of rotatable bonds is 7. The largest absolute Gasteiger partial charge is 0.506 e. The Morgan fingerprint density at radius 2 is 1.77 bits per heavy atom. The lowest BCUT2D eigenvalue weighted by atomic mass is 9.98. The van der Waals surface area contributed by atoms with Crippen LogP contribution < -0.4 is 9.47 Å². The molecule has 1 atom stereocenters. The number of Topliss-reactive ketones (excluding diaryl/α,β-unsaturated/α-hetero) is 1. The number of hydrogen-bond acceptors (Lipinski definition) is 6. The number of carbonyl (C=O) groups is 2. The number of amides is 1. The highest BCUT2D eigenvalue weighted by Crippen LogP contribution is 2.43. The predicted octanol–water partition coefficient (Wildman–Crippen LogP) is 4.44. The van der Waals surface area contributed by atoms with Gasteiger partial charge in [-0.2, -0.15) is 0 Å². The maximum atomic E-state index is 13.3. The van der Waals surface area contributed by atoms with Crippen molar-refractivity contribution >= 4 is 28.4 Å². The molecule has 0 spiro atoms. The Morgan fingerprint density at radius 3 is 2.46 bits per heavy atom. The number of carbonyl (C=O) groups excluding carboxylic acids is 2. The molecule has 3 heterocycles. The van der Waals surface area contributed by atoms with Gasteiger partial charge in [0, 0.05) is 23.6 Å². The average molecular weight is 472 g/mol. The molecule has 2 N–H and O–H groups in total. The molecule has 1 saturated heterocycles. The van der Waals surface area contributed by atoms with Crippen LogP contribution in [0.25, 0.3) is 16.7 Å². The second kappa shape index (κ2) is 9.06. The van der Waals surface area contributed by atoms with Crippen molar-refractivity contribution in [2.45, 2.75) is 12.5 Å². The van der Waals surface area contributed by atoms with Gasteiger partial charge >= 0.3 is 0 Å². The zero-order valence-electron chi connectivity index (χ0n) is 19.3. The number of hydrogen-bond donors (Lipinski definition) is 2. The monoisotopic (exact) mass is 472 g/mol. The highest BCUT2D eigenvalue weighted by Gasteiger charge is 2.47. The Labute approximate surface area is 201 Å². The minimum Gasteiger partial charge on any atom is -0.506 e. The molecule has 1 aliphatic rings. The zero-order valence-corrected chi connectivity index (χ0v) is 19.3. The number of para-hydroxylation sites is 1. The number of ketones is 1. The van der Waals surface area contributed by atoms with E-state index in [4.69, 9.17) is 13.9 Å². The van der Waals surface area contributed by atoms with Gasteiger partial charge in [0.05, 0.1) is 26.1 Å². The van der Waals surface area contributed by atoms with E-state index in [9.17, 15) is 14.7 Å². The molecule has 0 aliphatic carbocycles. The van der Waals surface area contributed by atoms with Gasteiger partial charge in [-0.3, -0.25) is 9.59 Å². The molecule has 178 valence electrons. The SMILES string of the molecule is COc1cccc(OC)c1/C(O)=C1\C(=O)C(=O)N(CCc2c[nH]c3ccccc23)C1c1ccco1. The molecule has 1 aliphatic heterocycles. The Kier molecular flexibility index (Phi) is 5.78. The Morgan fingerprint density at radius 1 is 1.03 bits per heavy atom. The highest BCUT2D eigenvalue weighted by molar-refractivity contribution is 6.46. The highest BCUT2D eigenvalue weighted by atomic mass is 16.5. The van der Waals surface area contributed by atoms with E-state index in [2.05, 4.69) is 4.98 Å². The van der Waals surface area contributed by atoms with Gasteiger partial charge in [0.25, 0.3) is 11.7 Å². The lowest BCUT2D eigenvalue weighted by Crippen LogP contribution is -2.31. The summed E-state index contributed by atoms with van der Waals surface area (Å²) in [5.74, 6) is -0.889. The number of aliphatic hydroxyl groups excluding tert-OH is 1. The molecule has 5 rings (SSSR count). The fourth-order valence-electron chi connectivity index (χ4n) is 4.65. The molecule has 1 unspecified atom stereocenters. The maximum absolute atomic E-state index is 13.3. The fourth-order valence-corrected chi connectivity index (χ4v) is 4.65. The van der Waals surface area contributed by atoms with Crippen molar-refractivity contribution in [2.24, 2.45) is 0 Å². The molecule has 1 fully saturated rings. The first-order valence-electron chi connectivity index (χ1n) is 11.1. The van der Waals surface area contributed by atoms with Crippen LogP contribution in [-0.2, 0) is 16.0 Å². The third-order valence-electron chi connectivity index (χ3n) is 6.31. The summed E-state index contributed by atoms with van der Waals surface area (Å²) in [6.45, 7) is 0.248. The molecular formula is C27H24N2O6. The number of aromatic nitrogens is 1. The van der Waals surface area contributed by atoms with Gasteiger partial charge < -0.3 is 28.9 Å². The van der Waals surface area contributed by atoms with Crippen molar-refractivity contribution in [1.82, 2.24) is 9.88 Å². The molecule has 8 heteroatoms. The number of aliphatic hydroxyl groups is 1. The maximum Gasteiger partial charge on any atom is 0.295 e. The van der Waals surface area contributed by atoms with Crippen LogP contribution in [0.4, 0.5) is 0 Å². The summed E-state index contributed by atoms with van der Waals surface area (Å²) in [6.07, 6.45) is 3.88. The molecule has 0 bridgehead atoms. The molecule has 0 saturated carbocycles. The van der Waals surface area contributed by atoms with Gasteiger partial charge in [-0.15, -0.1) is 0 Å². The number of aromatic amines is 1. The van der Waals surface area contributed by atoms with Gasteiger partial charge in [-0.05, 0) is 42.3 Å². The number of ether oxygens (including phenoxy) is 2. The van der Waals surface area contributed by atoms with E-state index in [1.54, 1.807) is 30.3 Å². The Balaban J connectivity index is 1.59. The van der Waals surface area contributed by atoms with E-state index in [-0.39, 0.29) is 23.4 Å². The van der Waals surface area contributed by atoms with Crippen LogP contribution in [-0.4, -0.2) is 47.4 Å². The van der Waals surface area contributed by atoms with Crippen LogP contribution in [0.3, 0.4) is 0 Å². The zero-order chi connectivity index (χ0) is 24.5. The van der Waals surface area contributed by atoms with Crippen LogP contribution in [0.1, 0.15) is 22.9 Å². The predicted molar refractivity (Wildman–Crippen MR) is 129 cm³/mol. The summed E-state index contributed by atoms with van der Waals surface area (Å²) in [4.78, 5) is 31.1. The normalized spacial score (nSPS) is 17.3. The van der Waals surface area contributed by atoms with E-state index in [1.165, 1.54) is 25.4 Å². The topological polar surface area (TPSA) is 105 Å². The molecule has 35 heavy (non-hydrogen) atoms. The van der Waals surface area contributed by atoms with Gasteiger partial charge in [0.15, 0.2) is 0 Å². The summed E-state index contributed by atoms with van der Waals surface area (Å²) in [6, 6.07) is 15.4. The van der Waals surface area contributed by atoms with Crippen molar-refractivity contribution in [3.8, 4) is 11.5 Å². The molecular weight excluding hydrogens is 448 g/mol. The van der Waals surface area contributed by atoms with Gasteiger partial charge in [-0.1, -0.05) is 24.3 Å². The number of likely N-dealkylation sites (tertiary alicyclic amines) is 1. The van der Waals surface area contributed by atoms with Crippen LogP contribution in [0.2, 0.25) is 0 Å². The van der Waals surface area contributed by atoms with Crippen molar-refractivity contribution < 1.29 is 28.6 Å². The molecule has 0 radical (unpaired) electrons. The third kappa shape index (κ3) is 3.73. The second-order valence-corrected chi connectivity index (χ2v) is 8.15. The first kappa shape index (κ1) is 22.3. The number of benzene rings is 2. The molecule has 1 amide bonds. The molecule has 2 aromatic heterocycles. The minimum absolute atomic E-state index is 0.0772. The van der Waals surface area contributed by atoms with E-state index < -0.39 is 17.7 Å². The molecule has 4 aromatic rings. The van der Waals surface area contributed by atoms with Crippen molar-refractivity contribution in [3.63, 3.8) is 0 Å².